The van der Waals surface area contributed by atoms with Crippen molar-refractivity contribution in [1.29, 1.82) is 0 Å². The van der Waals surface area contributed by atoms with Crippen LogP contribution in [0.4, 0.5) is 0 Å². The molecular formula is C36H51N5O6. The van der Waals surface area contributed by atoms with Crippen molar-refractivity contribution < 1.29 is 29.3 Å². The van der Waals surface area contributed by atoms with Gasteiger partial charge in [0.25, 0.3) is 0 Å². The third kappa shape index (κ3) is 10.5. The average molecular weight is 650 g/mol. The maximum absolute atomic E-state index is 13.7. The van der Waals surface area contributed by atoms with E-state index in [-0.39, 0.29) is 48.4 Å². The lowest BCUT2D eigenvalue weighted by molar-refractivity contribution is -0.126. The van der Waals surface area contributed by atoms with Crippen LogP contribution in [0.2, 0.25) is 0 Å². The molecule has 3 saturated heterocycles. The molecule has 11 heteroatoms. The van der Waals surface area contributed by atoms with Gasteiger partial charge < -0.3 is 30.9 Å². The number of likely N-dealkylation sites (tertiary alicyclic amines) is 2. The first-order valence-corrected chi connectivity index (χ1v) is 17.1. The molecular weight excluding hydrogens is 598 g/mol. The highest BCUT2D eigenvalue weighted by Crippen LogP contribution is 2.30. The van der Waals surface area contributed by atoms with Crippen molar-refractivity contribution in [3.05, 3.63) is 65.7 Å². The number of aliphatic hydroxyl groups excluding tert-OH is 2. The third-order valence-corrected chi connectivity index (χ3v) is 9.84. The number of ether oxygens (including phenoxy) is 1. The number of carbonyl (C=O) groups excluding carboxylic acids is 3. The molecule has 6 atom stereocenters. The molecule has 0 saturated carbocycles. The van der Waals surface area contributed by atoms with E-state index in [0.29, 0.717) is 45.4 Å². The zero-order valence-electron chi connectivity index (χ0n) is 27.5. The number of rotatable bonds is 5. The molecule has 3 fully saturated rings. The van der Waals surface area contributed by atoms with Gasteiger partial charge in [0.2, 0.25) is 17.7 Å². The summed E-state index contributed by atoms with van der Waals surface area (Å²) in [5, 5.41) is 30.1. The Morgan fingerprint density at radius 3 is 2.38 bits per heavy atom. The van der Waals surface area contributed by atoms with E-state index in [1.165, 1.54) is 5.56 Å². The normalized spacial score (nSPS) is 29.2. The second-order valence-electron chi connectivity index (χ2n) is 13.5. The molecule has 3 aliphatic rings. The predicted molar refractivity (Wildman–Crippen MR) is 178 cm³/mol. The molecule has 5 rings (SSSR count). The zero-order chi connectivity index (χ0) is 33.2. The van der Waals surface area contributed by atoms with Crippen molar-refractivity contribution in [2.45, 2.75) is 82.3 Å². The lowest BCUT2D eigenvalue weighted by Gasteiger charge is -2.39. The lowest BCUT2D eigenvalue weighted by Crippen LogP contribution is -2.45. The number of methoxy groups -OCH3 is 1. The second kappa shape index (κ2) is 17.1. The molecule has 5 N–H and O–H groups in total. The number of nitrogens with one attached hydrogen (secondary N) is 3. The number of hydrogen-bond acceptors (Lipinski definition) is 8. The molecule has 3 heterocycles. The van der Waals surface area contributed by atoms with Crippen LogP contribution in [0.5, 0.6) is 5.75 Å². The average Bonchev–Trinajstić information content (AvgIpc) is 3.43. The van der Waals surface area contributed by atoms with E-state index >= 15 is 0 Å². The van der Waals surface area contributed by atoms with Gasteiger partial charge in [-0.05, 0) is 73.7 Å². The predicted octanol–water partition coefficient (Wildman–Crippen LogP) is 1.81. The van der Waals surface area contributed by atoms with Gasteiger partial charge in [-0.1, -0.05) is 42.5 Å². The minimum Gasteiger partial charge on any atom is -0.497 e. The number of hydrogen-bond donors (Lipinski definition) is 5. The van der Waals surface area contributed by atoms with Crippen LogP contribution >= 0.6 is 0 Å². The summed E-state index contributed by atoms with van der Waals surface area (Å²) in [5.41, 5.74) is 2.26. The Morgan fingerprint density at radius 1 is 0.787 bits per heavy atom. The maximum Gasteiger partial charge on any atom is 0.237 e. The fourth-order valence-corrected chi connectivity index (χ4v) is 7.40. The summed E-state index contributed by atoms with van der Waals surface area (Å²) < 4.78 is 5.42. The highest BCUT2D eigenvalue weighted by atomic mass is 16.5. The lowest BCUT2D eigenvalue weighted by atomic mass is 9.80. The van der Waals surface area contributed by atoms with E-state index in [1.807, 2.05) is 42.5 Å². The van der Waals surface area contributed by atoms with Crippen LogP contribution in [0.15, 0.2) is 54.6 Å². The van der Waals surface area contributed by atoms with Gasteiger partial charge in [-0.2, -0.15) is 0 Å². The van der Waals surface area contributed by atoms with Crippen LogP contribution < -0.4 is 20.7 Å². The Hall–Kier alpha value is -3.51. The molecule has 0 aromatic heterocycles. The zero-order valence-corrected chi connectivity index (χ0v) is 27.5. The first kappa shape index (κ1) is 34.8. The number of piperidine rings is 1. The summed E-state index contributed by atoms with van der Waals surface area (Å²) in [7, 11) is 1.67. The summed E-state index contributed by atoms with van der Waals surface area (Å²) in [6.45, 7) is 4.38. The topological polar surface area (TPSA) is 143 Å². The Balaban J connectivity index is 1.29. The Labute approximate surface area is 278 Å². The van der Waals surface area contributed by atoms with E-state index < -0.39 is 18.2 Å². The van der Waals surface area contributed by atoms with Gasteiger partial charge in [0.05, 0.1) is 31.8 Å². The van der Waals surface area contributed by atoms with E-state index in [0.717, 1.165) is 43.8 Å². The Kier molecular flexibility index (Phi) is 12.6. The third-order valence-electron chi connectivity index (χ3n) is 9.84. The number of aliphatic hydroxyl groups is 2. The molecule has 3 aliphatic heterocycles. The molecule has 256 valence electrons. The molecule has 2 aromatic carbocycles. The second-order valence-corrected chi connectivity index (χ2v) is 13.5. The highest BCUT2D eigenvalue weighted by molar-refractivity contribution is 5.82. The summed E-state index contributed by atoms with van der Waals surface area (Å²) >= 11 is 0. The first-order chi connectivity index (χ1) is 22.7. The quantitative estimate of drug-likeness (QED) is 0.330. The molecule has 47 heavy (non-hydrogen) atoms. The van der Waals surface area contributed by atoms with Crippen molar-refractivity contribution >= 4 is 17.7 Å². The van der Waals surface area contributed by atoms with Gasteiger partial charge in [-0.3, -0.25) is 24.2 Å². The fourth-order valence-electron chi connectivity index (χ4n) is 7.40. The standard InChI is InChI=1S/C36H51N5O6/c1-47-32-9-5-8-26(16-32)21-40-15-12-27-17-34(44)37-14-11-30(42)19-31(43)20-35(45)39-29-18-33(36(46)38-13-10-28(27)23-40)41(24-29)22-25-6-3-2-4-7-25/h2-9,16,27-31,33,42-43H,10-15,17-24H2,1H3,(H,37,44)(H,38,46)(H,39,45)/t27-,28-,29-,30+,31+,33+/m0/s1. The number of fused-ring (bicyclic) bond motifs is 3. The molecule has 0 unspecified atom stereocenters. The van der Waals surface area contributed by atoms with Crippen molar-refractivity contribution in [3.8, 4) is 5.75 Å². The van der Waals surface area contributed by atoms with Crippen LogP contribution in [-0.4, -0.2) is 102 Å². The van der Waals surface area contributed by atoms with Gasteiger partial charge in [0.15, 0.2) is 0 Å². The molecule has 0 radical (unpaired) electrons. The Bertz CT molecular complexity index is 1330. The van der Waals surface area contributed by atoms with Crippen LogP contribution in [-0.2, 0) is 27.5 Å². The number of carbonyl (C=O) groups is 3. The Morgan fingerprint density at radius 2 is 1.57 bits per heavy atom. The number of benzene rings is 2. The summed E-state index contributed by atoms with van der Waals surface area (Å²) in [6, 6.07) is 17.4. The van der Waals surface area contributed by atoms with Crippen molar-refractivity contribution in [1.82, 2.24) is 25.8 Å². The first-order valence-electron chi connectivity index (χ1n) is 17.1. The highest BCUT2D eigenvalue weighted by Gasteiger charge is 2.38. The smallest absolute Gasteiger partial charge is 0.237 e. The summed E-state index contributed by atoms with van der Waals surface area (Å²) in [5.74, 6) is 0.789. The maximum atomic E-state index is 13.7. The molecule has 2 bridgehead atoms. The van der Waals surface area contributed by atoms with E-state index in [2.05, 4.69) is 37.9 Å². The van der Waals surface area contributed by atoms with Crippen LogP contribution in [0.25, 0.3) is 0 Å². The fraction of sp³-hybridized carbons (Fsp3) is 0.583. The molecule has 0 aliphatic carbocycles. The van der Waals surface area contributed by atoms with Gasteiger partial charge in [0.1, 0.15) is 5.75 Å². The number of nitrogens with zero attached hydrogens (tertiary/aromatic N) is 2. The van der Waals surface area contributed by atoms with E-state index in [9.17, 15) is 24.6 Å². The van der Waals surface area contributed by atoms with Gasteiger partial charge in [-0.25, -0.2) is 0 Å². The SMILES string of the molecule is COc1cccc(CN2CC[C@H]3CC(=O)NCC[C@@H](O)C[C@@H](O)CC(=O)N[C@H]4C[C@H](C(=O)NCC[C@H]3C2)N(Cc2ccccc2)C4)c1. The minimum atomic E-state index is -1.00. The summed E-state index contributed by atoms with van der Waals surface area (Å²) in [4.78, 5) is 44.0. The van der Waals surface area contributed by atoms with Gasteiger partial charge in [-0.15, -0.1) is 0 Å². The van der Waals surface area contributed by atoms with Crippen LogP contribution in [0.1, 0.15) is 56.1 Å². The van der Waals surface area contributed by atoms with Crippen molar-refractivity contribution in [3.63, 3.8) is 0 Å². The monoisotopic (exact) mass is 649 g/mol. The van der Waals surface area contributed by atoms with Gasteiger partial charge >= 0.3 is 0 Å². The van der Waals surface area contributed by atoms with Crippen LogP contribution in [0.3, 0.4) is 0 Å². The van der Waals surface area contributed by atoms with Crippen molar-refractivity contribution in [2.24, 2.45) is 11.8 Å². The summed E-state index contributed by atoms with van der Waals surface area (Å²) in [6.07, 6.45) is 0.869. The minimum absolute atomic E-state index is 0.0486. The molecule has 2 aromatic rings. The number of amides is 3. The van der Waals surface area contributed by atoms with Crippen molar-refractivity contribution in [2.75, 3.05) is 39.8 Å². The van der Waals surface area contributed by atoms with E-state index in [1.54, 1.807) is 7.11 Å². The molecule has 0 spiro atoms. The van der Waals surface area contributed by atoms with Crippen LogP contribution in [0, 0.1) is 11.8 Å². The molecule has 11 nitrogen and oxygen atoms in total. The van der Waals surface area contributed by atoms with E-state index in [4.69, 9.17) is 4.74 Å². The van der Waals surface area contributed by atoms with Gasteiger partial charge in [0, 0.05) is 51.7 Å². The molecule has 3 amide bonds. The largest absolute Gasteiger partial charge is 0.497 e.